The van der Waals surface area contributed by atoms with Gasteiger partial charge in [0.2, 0.25) is 5.91 Å². The third-order valence-corrected chi connectivity index (χ3v) is 3.61. The van der Waals surface area contributed by atoms with Crippen LogP contribution in [0.25, 0.3) is 11.3 Å². The predicted molar refractivity (Wildman–Crippen MR) is 90.0 cm³/mol. The van der Waals surface area contributed by atoms with Crippen LogP contribution in [0.2, 0.25) is 0 Å². The molecule has 8 nitrogen and oxygen atoms in total. The average Bonchev–Trinajstić information content (AvgIpc) is 3.12. The van der Waals surface area contributed by atoms with Gasteiger partial charge in [0.05, 0.1) is 6.20 Å². The molecule has 1 unspecified atom stereocenters. The highest BCUT2D eigenvalue weighted by Gasteiger charge is 2.17. The van der Waals surface area contributed by atoms with E-state index in [1.165, 1.54) is 16.9 Å². The van der Waals surface area contributed by atoms with Crippen LogP contribution in [0, 0.1) is 0 Å². The van der Waals surface area contributed by atoms with Crippen molar-refractivity contribution in [3.8, 4) is 11.3 Å². The Kier molecular flexibility index (Phi) is 4.51. The Hall–Kier alpha value is -3.55. The van der Waals surface area contributed by atoms with Crippen LogP contribution >= 0.6 is 0 Å². The molecule has 3 rings (SSSR count). The second kappa shape index (κ2) is 6.91. The summed E-state index contributed by atoms with van der Waals surface area (Å²) in [5.74, 6) is -1.32. The molecular formula is C17H15N5O3. The maximum absolute atomic E-state index is 12.3. The van der Waals surface area contributed by atoms with E-state index < -0.39 is 12.0 Å². The summed E-state index contributed by atoms with van der Waals surface area (Å²) in [5.41, 5.74) is 1.77. The number of pyridine rings is 1. The topological polar surface area (TPSA) is 110 Å². The highest BCUT2D eigenvalue weighted by Crippen LogP contribution is 2.18. The van der Waals surface area contributed by atoms with Crippen molar-refractivity contribution in [1.29, 1.82) is 0 Å². The lowest BCUT2D eigenvalue weighted by Crippen LogP contribution is -2.24. The molecule has 8 heteroatoms. The zero-order valence-electron chi connectivity index (χ0n) is 13.3. The van der Waals surface area contributed by atoms with Crippen LogP contribution in [0.3, 0.4) is 0 Å². The van der Waals surface area contributed by atoms with E-state index in [4.69, 9.17) is 5.11 Å². The number of hydrogen-bond donors (Lipinski definition) is 2. The van der Waals surface area contributed by atoms with Crippen molar-refractivity contribution in [3.05, 3.63) is 60.6 Å². The number of para-hydroxylation sites is 1. The van der Waals surface area contributed by atoms with Crippen LogP contribution < -0.4 is 5.32 Å². The minimum atomic E-state index is -1.10. The molecule has 0 bridgehead atoms. The Morgan fingerprint density at radius 1 is 1.16 bits per heavy atom. The van der Waals surface area contributed by atoms with Crippen LogP contribution in [0.15, 0.2) is 54.9 Å². The van der Waals surface area contributed by atoms with Gasteiger partial charge >= 0.3 is 5.97 Å². The molecule has 0 saturated heterocycles. The van der Waals surface area contributed by atoms with Crippen molar-refractivity contribution in [2.24, 2.45) is 0 Å². The van der Waals surface area contributed by atoms with Gasteiger partial charge in [-0.3, -0.25) is 4.79 Å². The van der Waals surface area contributed by atoms with E-state index >= 15 is 0 Å². The predicted octanol–water partition coefficient (Wildman–Crippen LogP) is 2.24. The lowest BCUT2D eigenvalue weighted by Gasteiger charge is -2.11. The number of aromatic carboxylic acids is 1. The summed E-state index contributed by atoms with van der Waals surface area (Å²) in [7, 11) is 0. The van der Waals surface area contributed by atoms with Gasteiger partial charge in [-0.25, -0.2) is 14.5 Å². The number of anilines is 1. The smallest absolute Gasteiger partial charge is 0.354 e. The van der Waals surface area contributed by atoms with Gasteiger partial charge in [0.25, 0.3) is 0 Å². The van der Waals surface area contributed by atoms with Crippen LogP contribution in [0.4, 0.5) is 5.69 Å². The number of carboxylic acids is 1. The number of rotatable bonds is 5. The number of hydrogen-bond acceptors (Lipinski definition) is 5. The SMILES string of the molecule is CC(C(=O)Nc1ccccc1)n1cc(-c2ccc(C(=O)O)nc2)nn1. The van der Waals surface area contributed by atoms with E-state index in [0.717, 1.165) is 0 Å². The Morgan fingerprint density at radius 3 is 2.56 bits per heavy atom. The first kappa shape index (κ1) is 16.3. The Morgan fingerprint density at radius 2 is 1.92 bits per heavy atom. The molecule has 25 heavy (non-hydrogen) atoms. The number of benzene rings is 1. The maximum atomic E-state index is 12.3. The summed E-state index contributed by atoms with van der Waals surface area (Å²) < 4.78 is 1.44. The van der Waals surface area contributed by atoms with Crippen molar-refractivity contribution in [2.45, 2.75) is 13.0 Å². The minimum absolute atomic E-state index is 0.0493. The van der Waals surface area contributed by atoms with Gasteiger partial charge in [0.1, 0.15) is 17.4 Å². The van der Waals surface area contributed by atoms with E-state index in [-0.39, 0.29) is 11.6 Å². The zero-order chi connectivity index (χ0) is 17.8. The zero-order valence-corrected chi connectivity index (χ0v) is 13.3. The van der Waals surface area contributed by atoms with Gasteiger partial charge in [-0.15, -0.1) is 5.10 Å². The van der Waals surface area contributed by atoms with Crippen molar-refractivity contribution in [2.75, 3.05) is 5.32 Å². The van der Waals surface area contributed by atoms with Crippen molar-refractivity contribution >= 4 is 17.6 Å². The molecule has 2 heterocycles. The summed E-state index contributed by atoms with van der Waals surface area (Å²) in [6.45, 7) is 1.71. The van der Waals surface area contributed by atoms with Gasteiger partial charge in [-0.05, 0) is 31.2 Å². The molecule has 0 aliphatic rings. The molecule has 0 fully saturated rings. The van der Waals surface area contributed by atoms with E-state index in [0.29, 0.717) is 16.9 Å². The number of carbonyl (C=O) groups excluding carboxylic acids is 1. The maximum Gasteiger partial charge on any atom is 0.354 e. The minimum Gasteiger partial charge on any atom is -0.477 e. The van der Waals surface area contributed by atoms with Crippen LogP contribution in [0.5, 0.6) is 0 Å². The molecule has 0 radical (unpaired) electrons. The molecule has 0 spiro atoms. The highest BCUT2D eigenvalue weighted by atomic mass is 16.4. The molecule has 2 N–H and O–H groups in total. The molecule has 0 aliphatic carbocycles. The number of carbonyl (C=O) groups is 2. The van der Waals surface area contributed by atoms with Crippen molar-refractivity contribution in [3.63, 3.8) is 0 Å². The third kappa shape index (κ3) is 3.69. The number of aromatic nitrogens is 4. The van der Waals surface area contributed by atoms with E-state index in [1.54, 1.807) is 31.3 Å². The van der Waals surface area contributed by atoms with Crippen molar-refractivity contribution < 1.29 is 14.7 Å². The van der Waals surface area contributed by atoms with Gasteiger partial charge in [0, 0.05) is 17.4 Å². The standard InChI is InChI=1S/C17H15N5O3/c1-11(16(23)19-13-5-3-2-4-6-13)22-10-15(20-21-22)12-7-8-14(17(24)25)18-9-12/h2-11H,1H3,(H,19,23)(H,24,25). The summed E-state index contributed by atoms with van der Waals surface area (Å²) in [4.78, 5) is 27.0. The summed E-state index contributed by atoms with van der Waals surface area (Å²) in [6, 6.07) is 11.6. The van der Waals surface area contributed by atoms with Gasteiger partial charge < -0.3 is 10.4 Å². The van der Waals surface area contributed by atoms with Gasteiger partial charge in [-0.1, -0.05) is 23.4 Å². The Bertz CT molecular complexity index is 890. The van der Waals surface area contributed by atoms with E-state index in [1.807, 2.05) is 18.2 Å². The van der Waals surface area contributed by atoms with Gasteiger partial charge in [-0.2, -0.15) is 0 Å². The first-order valence-electron chi connectivity index (χ1n) is 7.52. The Labute approximate surface area is 143 Å². The number of carboxylic acid groups (broad SMARTS) is 1. The largest absolute Gasteiger partial charge is 0.477 e. The highest BCUT2D eigenvalue weighted by molar-refractivity contribution is 5.93. The summed E-state index contributed by atoms with van der Waals surface area (Å²) in [6.07, 6.45) is 3.03. The van der Waals surface area contributed by atoms with Gasteiger partial charge in [0.15, 0.2) is 0 Å². The molecule has 0 aliphatic heterocycles. The lowest BCUT2D eigenvalue weighted by atomic mass is 10.2. The van der Waals surface area contributed by atoms with Crippen molar-refractivity contribution in [1.82, 2.24) is 20.0 Å². The fourth-order valence-electron chi connectivity index (χ4n) is 2.16. The normalized spacial score (nSPS) is 11.7. The molecule has 2 aromatic heterocycles. The molecular weight excluding hydrogens is 322 g/mol. The second-order valence-electron chi connectivity index (χ2n) is 5.35. The first-order valence-corrected chi connectivity index (χ1v) is 7.52. The lowest BCUT2D eigenvalue weighted by molar-refractivity contribution is -0.119. The first-order chi connectivity index (χ1) is 12.0. The summed E-state index contributed by atoms with van der Waals surface area (Å²) >= 11 is 0. The molecule has 126 valence electrons. The van der Waals surface area contributed by atoms with Crippen LogP contribution in [-0.2, 0) is 4.79 Å². The van der Waals surface area contributed by atoms with E-state index in [9.17, 15) is 9.59 Å². The molecule has 3 aromatic rings. The van der Waals surface area contributed by atoms with Crippen LogP contribution in [-0.4, -0.2) is 37.0 Å². The Balaban J connectivity index is 1.73. The quantitative estimate of drug-likeness (QED) is 0.739. The number of nitrogens with zero attached hydrogens (tertiary/aromatic N) is 4. The summed E-state index contributed by atoms with van der Waals surface area (Å²) in [5, 5.41) is 19.7. The third-order valence-electron chi connectivity index (χ3n) is 3.61. The number of nitrogens with one attached hydrogen (secondary N) is 1. The van der Waals surface area contributed by atoms with Crippen LogP contribution in [0.1, 0.15) is 23.5 Å². The molecule has 1 amide bonds. The van der Waals surface area contributed by atoms with E-state index in [2.05, 4.69) is 20.6 Å². The average molecular weight is 337 g/mol. The monoisotopic (exact) mass is 337 g/mol. The fraction of sp³-hybridized carbons (Fsp3) is 0.118. The fourth-order valence-corrected chi connectivity index (χ4v) is 2.16. The molecule has 1 atom stereocenters. The molecule has 0 saturated carbocycles. The molecule has 1 aromatic carbocycles. The second-order valence-corrected chi connectivity index (χ2v) is 5.35. The number of amides is 1.